The number of fused-ring (bicyclic) bond motifs is 3. The summed E-state index contributed by atoms with van der Waals surface area (Å²) in [5.74, 6) is 1.96. The van der Waals surface area contributed by atoms with Crippen LogP contribution in [0.4, 0.5) is 0 Å². The Kier molecular flexibility index (Phi) is 5.92. The van der Waals surface area contributed by atoms with Gasteiger partial charge in [0.2, 0.25) is 0 Å². The Labute approximate surface area is 174 Å². The zero-order chi connectivity index (χ0) is 21.1. The first-order chi connectivity index (χ1) is 14.6. The number of hydrogen-bond donors (Lipinski definition) is 0. The third kappa shape index (κ3) is 3.86. The van der Waals surface area contributed by atoms with E-state index in [0.29, 0.717) is 48.1 Å². The zero-order valence-corrected chi connectivity index (χ0v) is 17.4. The van der Waals surface area contributed by atoms with Crippen LogP contribution >= 0.6 is 0 Å². The van der Waals surface area contributed by atoms with Crippen molar-refractivity contribution in [2.45, 2.75) is 13.0 Å². The average molecular weight is 411 g/mol. The number of ether oxygens (including phenoxy) is 4. The van der Waals surface area contributed by atoms with E-state index in [9.17, 15) is 4.79 Å². The Morgan fingerprint density at radius 2 is 1.90 bits per heavy atom. The number of benzene rings is 2. The predicted molar refractivity (Wildman–Crippen MR) is 113 cm³/mol. The van der Waals surface area contributed by atoms with E-state index in [2.05, 4.69) is 4.90 Å². The second-order valence-electron chi connectivity index (χ2n) is 7.15. The highest BCUT2D eigenvalue weighted by Crippen LogP contribution is 2.36. The van der Waals surface area contributed by atoms with Crippen LogP contribution in [0, 0.1) is 0 Å². The first kappa shape index (κ1) is 20.3. The van der Waals surface area contributed by atoms with E-state index >= 15 is 0 Å². The monoisotopic (exact) mass is 411 g/mol. The predicted octanol–water partition coefficient (Wildman–Crippen LogP) is 3.67. The summed E-state index contributed by atoms with van der Waals surface area (Å²) in [5.41, 5.74) is 2.06. The summed E-state index contributed by atoms with van der Waals surface area (Å²) >= 11 is 0. The van der Waals surface area contributed by atoms with Crippen LogP contribution in [-0.4, -0.2) is 46.1 Å². The molecule has 0 bridgehead atoms. The number of methoxy groups -OCH3 is 3. The maximum Gasteiger partial charge on any atom is 0.344 e. The van der Waals surface area contributed by atoms with E-state index in [1.807, 2.05) is 18.2 Å². The van der Waals surface area contributed by atoms with Crippen LogP contribution in [0.2, 0.25) is 0 Å². The van der Waals surface area contributed by atoms with Gasteiger partial charge < -0.3 is 23.4 Å². The second-order valence-corrected chi connectivity index (χ2v) is 7.15. The van der Waals surface area contributed by atoms with Crippen LogP contribution in [0.25, 0.3) is 22.1 Å². The van der Waals surface area contributed by atoms with Crippen molar-refractivity contribution in [3.05, 3.63) is 52.4 Å². The smallest absolute Gasteiger partial charge is 0.344 e. The van der Waals surface area contributed by atoms with Crippen molar-refractivity contribution in [3.8, 4) is 28.4 Å². The molecule has 0 aliphatic carbocycles. The van der Waals surface area contributed by atoms with E-state index in [1.165, 1.54) is 0 Å². The lowest BCUT2D eigenvalue weighted by molar-refractivity contribution is 0.0837. The molecule has 0 amide bonds. The molecule has 2 aromatic carbocycles. The highest BCUT2D eigenvalue weighted by atomic mass is 16.5. The molecule has 2 heterocycles. The molecule has 0 radical (unpaired) electrons. The first-order valence-electron chi connectivity index (χ1n) is 9.81. The minimum atomic E-state index is -0.432. The summed E-state index contributed by atoms with van der Waals surface area (Å²) in [7, 11) is 4.85. The fraction of sp³-hybridized carbons (Fsp3) is 0.348. The van der Waals surface area contributed by atoms with Gasteiger partial charge in [0.15, 0.2) is 0 Å². The molecule has 3 aromatic rings. The number of rotatable bonds is 7. The molecular formula is C23H25NO6. The molecule has 30 heavy (non-hydrogen) atoms. The van der Waals surface area contributed by atoms with E-state index < -0.39 is 5.63 Å². The molecule has 1 aromatic heterocycles. The van der Waals surface area contributed by atoms with Gasteiger partial charge in [-0.05, 0) is 42.8 Å². The molecule has 0 saturated carbocycles. The molecule has 0 unspecified atom stereocenters. The lowest BCUT2D eigenvalue weighted by atomic mass is 10.0. The third-order valence-electron chi connectivity index (χ3n) is 5.27. The molecule has 4 rings (SSSR count). The lowest BCUT2D eigenvalue weighted by Crippen LogP contribution is -2.33. The van der Waals surface area contributed by atoms with Crippen molar-refractivity contribution in [2.75, 3.05) is 41.2 Å². The molecule has 0 spiro atoms. The van der Waals surface area contributed by atoms with Crippen molar-refractivity contribution in [1.82, 2.24) is 4.90 Å². The molecule has 1 aliphatic rings. The van der Waals surface area contributed by atoms with Crippen molar-refractivity contribution < 1.29 is 23.4 Å². The SMILES string of the molecule is COCCCN1COc2ccc3cc(-c4cc(OC)ccc4OC)c(=O)oc3c2C1. The molecule has 0 N–H and O–H groups in total. The van der Waals surface area contributed by atoms with Crippen LogP contribution in [0.5, 0.6) is 17.2 Å². The molecule has 0 saturated heterocycles. The van der Waals surface area contributed by atoms with Gasteiger partial charge in [-0.2, -0.15) is 0 Å². The molecular weight excluding hydrogens is 386 g/mol. The van der Waals surface area contributed by atoms with Gasteiger partial charge in [0.05, 0.1) is 25.3 Å². The Balaban J connectivity index is 1.76. The van der Waals surface area contributed by atoms with Gasteiger partial charge in [-0.25, -0.2) is 4.79 Å². The lowest BCUT2D eigenvalue weighted by Gasteiger charge is -2.29. The normalized spacial score (nSPS) is 13.7. The highest BCUT2D eigenvalue weighted by molar-refractivity contribution is 5.87. The summed E-state index contributed by atoms with van der Waals surface area (Å²) in [6, 6.07) is 11.0. The van der Waals surface area contributed by atoms with Crippen molar-refractivity contribution in [1.29, 1.82) is 0 Å². The minimum absolute atomic E-state index is 0.423. The van der Waals surface area contributed by atoms with Crippen LogP contribution < -0.4 is 19.8 Å². The van der Waals surface area contributed by atoms with Gasteiger partial charge >= 0.3 is 5.63 Å². The molecule has 0 atom stereocenters. The largest absolute Gasteiger partial charge is 0.497 e. The fourth-order valence-electron chi connectivity index (χ4n) is 3.73. The maximum atomic E-state index is 12.9. The van der Waals surface area contributed by atoms with Crippen LogP contribution in [0.3, 0.4) is 0 Å². The van der Waals surface area contributed by atoms with Crippen LogP contribution in [0.1, 0.15) is 12.0 Å². The maximum absolute atomic E-state index is 12.9. The summed E-state index contributed by atoms with van der Waals surface area (Å²) in [4.78, 5) is 15.1. The van der Waals surface area contributed by atoms with Crippen molar-refractivity contribution in [2.24, 2.45) is 0 Å². The van der Waals surface area contributed by atoms with E-state index in [0.717, 1.165) is 29.7 Å². The van der Waals surface area contributed by atoms with E-state index in [-0.39, 0.29) is 0 Å². The molecule has 158 valence electrons. The van der Waals surface area contributed by atoms with Gasteiger partial charge in [0.1, 0.15) is 29.6 Å². The second kappa shape index (κ2) is 8.77. The minimum Gasteiger partial charge on any atom is -0.497 e. The van der Waals surface area contributed by atoms with Crippen molar-refractivity contribution in [3.63, 3.8) is 0 Å². The molecule has 7 heteroatoms. The van der Waals surface area contributed by atoms with E-state index in [1.54, 1.807) is 39.5 Å². The zero-order valence-electron chi connectivity index (χ0n) is 17.4. The summed E-state index contributed by atoms with van der Waals surface area (Å²) in [5, 5.41) is 0.829. The first-order valence-corrected chi connectivity index (χ1v) is 9.81. The molecule has 7 nitrogen and oxygen atoms in total. The quantitative estimate of drug-likeness (QED) is 0.434. The van der Waals surface area contributed by atoms with Crippen LogP contribution in [0.15, 0.2) is 45.6 Å². The van der Waals surface area contributed by atoms with E-state index in [4.69, 9.17) is 23.4 Å². The highest BCUT2D eigenvalue weighted by Gasteiger charge is 2.22. The van der Waals surface area contributed by atoms with Crippen LogP contribution in [-0.2, 0) is 11.3 Å². The summed E-state index contributed by atoms with van der Waals surface area (Å²) < 4.78 is 27.6. The van der Waals surface area contributed by atoms with Gasteiger partial charge in [-0.3, -0.25) is 4.90 Å². The van der Waals surface area contributed by atoms with Gasteiger partial charge in [-0.1, -0.05) is 0 Å². The van der Waals surface area contributed by atoms with Gasteiger partial charge in [-0.15, -0.1) is 0 Å². The topological polar surface area (TPSA) is 70.4 Å². The number of nitrogens with zero attached hydrogens (tertiary/aromatic N) is 1. The fourth-order valence-corrected chi connectivity index (χ4v) is 3.73. The van der Waals surface area contributed by atoms with Gasteiger partial charge in [0.25, 0.3) is 0 Å². The summed E-state index contributed by atoms with van der Waals surface area (Å²) in [6.45, 7) is 2.69. The average Bonchev–Trinajstić information content (AvgIpc) is 2.78. The van der Waals surface area contributed by atoms with Gasteiger partial charge in [0, 0.05) is 37.8 Å². The molecule has 1 aliphatic heterocycles. The molecule has 0 fully saturated rings. The Bertz CT molecular complexity index is 1110. The number of hydrogen-bond acceptors (Lipinski definition) is 7. The standard InChI is InChI=1S/C23H25NO6/c1-26-10-4-9-24-13-19-21(29-14-24)7-5-15-11-18(23(25)30-22(15)19)17-12-16(27-2)6-8-20(17)28-3/h5-8,11-12H,4,9-10,13-14H2,1-3H3. The Morgan fingerprint density at radius 1 is 1.03 bits per heavy atom. The summed E-state index contributed by atoms with van der Waals surface area (Å²) in [6.07, 6.45) is 0.906. The van der Waals surface area contributed by atoms with Crippen molar-refractivity contribution >= 4 is 11.0 Å². The third-order valence-corrected chi connectivity index (χ3v) is 5.27. The Hall–Kier alpha value is -3.03. The Morgan fingerprint density at radius 3 is 2.67 bits per heavy atom.